The van der Waals surface area contributed by atoms with Gasteiger partial charge in [0.25, 0.3) is 0 Å². The van der Waals surface area contributed by atoms with Crippen molar-refractivity contribution in [2.45, 2.75) is 32.7 Å². The number of rotatable bonds is 5. The molecule has 0 aromatic heterocycles. The van der Waals surface area contributed by atoms with E-state index in [1.807, 2.05) is 0 Å². The standard InChI is InChI=1S/C12H24N4O2/c1-9(2)14-6-10-4-3-5-16(7-10)8-11(17)15-12(13)18/h9-10,14H,3-8H2,1-2H3,(H3,13,15,17,18). The van der Waals surface area contributed by atoms with Crippen LogP contribution in [0.2, 0.25) is 0 Å². The molecule has 104 valence electrons. The maximum atomic E-state index is 11.4. The number of carbonyl (C=O) groups is 2. The molecule has 0 aromatic carbocycles. The molecule has 0 saturated carbocycles. The summed E-state index contributed by atoms with van der Waals surface area (Å²) in [5, 5.41) is 5.52. The van der Waals surface area contributed by atoms with Crippen LogP contribution in [0.4, 0.5) is 4.79 Å². The van der Waals surface area contributed by atoms with Crippen LogP contribution >= 0.6 is 0 Å². The van der Waals surface area contributed by atoms with Crippen molar-refractivity contribution in [3.63, 3.8) is 0 Å². The highest BCUT2D eigenvalue weighted by Gasteiger charge is 2.21. The molecule has 1 heterocycles. The van der Waals surface area contributed by atoms with Crippen LogP contribution in [0, 0.1) is 5.92 Å². The maximum Gasteiger partial charge on any atom is 0.318 e. The number of likely N-dealkylation sites (tertiary alicyclic amines) is 1. The maximum absolute atomic E-state index is 11.4. The van der Waals surface area contributed by atoms with Gasteiger partial charge in [0, 0.05) is 12.6 Å². The molecule has 1 atom stereocenters. The number of piperidine rings is 1. The summed E-state index contributed by atoms with van der Waals surface area (Å²) in [7, 11) is 0. The number of nitrogens with zero attached hydrogens (tertiary/aromatic N) is 1. The van der Waals surface area contributed by atoms with Crippen molar-refractivity contribution in [2.75, 3.05) is 26.2 Å². The molecule has 1 aliphatic heterocycles. The summed E-state index contributed by atoms with van der Waals surface area (Å²) in [6.45, 7) is 7.28. The van der Waals surface area contributed by atoms with Gasteiger partial charge in [-0.2, -0.15) is 0 Å². The Morgan fingerprint density at radius 3 is 2.78 bits per heavy atom. The Balaban J connectivity index is 2.30. The highest BCUT2D eigenvalue weighted by Crippen LogP contribution is 2.15. The number of imide groups is 1. The molecule has 0 radical (unpaired) electrons. The molecule has 18 heavy (non-hydrogen) atoms. The van der Waals surface area contributed by atoms with Gasteiger partial charge in [-0.1, -0.05) is 13.8 Å². The highest BCUT2D eigenvalue weighted by atomic mass is 16.2. The first-order valence-electron chi connectivity index (χ1n) is 6.52. The van der Waals surface area contributed by atoms with E-state index < -0.39 is 6.03 Å². The molecular weight excluding hydrogens is 232 g/mol. The first-order valence-corrected chi connectivity index (χ1v) is 6.52. The van der Waals surface area contributed by atoms with E-state index >= 15 is 0 Å². The number of hydrogen-bond acceptors (Lipinski definition) is 4. The molecule has 0 spiro atoms. The average molecular weight is 256 g/mol. The number of hydrogen-bond donors (Lipinski definition) is 3. The summed E-state index contributed by atoms with van der Waals surface area (Å²) in [5.41, 5.74) is 4.91. The molecule has 6 heteroatoms. The summed E-state index contributed by atoms with van der Waals surface area (Å²) in [4.78, 5) is 24.1. The van der Waals surface area contributed by atoms with Crippen LogP contribution in [0.15, 0.2) is 0 Å². The first kappa shape index (κ1) is 14.9. The van der Waals surface area contributed by atoms with Crippen LogP contribution in [0.5, 0.6) is 0 Å². The van der Waals surface area contributed by atoms with Crippen LogP contribution < -0.4 is 16.4 Å². The fourth-order valence-corrected chi connectivity index (χ4v) is 2.24. The normalized spacial score (nSPS) is 20.9. The van der Waals surface area contributed by atoms with Crippen molar-refractivity contribution in [1.82, 2.24) is 15.5 Å². The molecule has 4 N–H and O–H groups in total. The number of primary amides is 1. The van der Waals surface area contributed by atoms with Crippen molar-refractivity contribution >= 4 is 11.9 Å². The predicted molar refractivity (Wildman–Crippen MR) is 70.0 cm³/mol. The lowest BCUT2D eigenvalue weighted by Gasteiger charge is -2.32. The highest BCUT2D eigenvalue weighted by molar-refractivity contribution is 5.94. The van der Waals surface area contributed by atoms with Gasteiger partial charge in [0.1, 0.15) is 0 Å². The van der Waals surface area contributed by atoms with Gasteiger partial charge in [-0.15, -0.1) is 0 Å². The van der Waals surface area contributed by atoms with Gasteiger partial charge < -0.3 is 11.1 Å². The fourth-order valence-electron chi connectivity index (χ4n) is 2.24. The zero-order valence-electron chi connectivity index (χ0n) is 11.2. The van der Waals surface area contributed by atoms with Crippen LogP contribution in [0.3, 0.4) is 0 Å². The van der Waals surface area contributed by atoms with Crippen LogP contribution in [0.25, 0.3) is 0 Å². The van der Waals surface area contributed by atoms with Gasteiger partial charge in [0.05, 0.1) is 6.54 Å². The molecule has 0 bridgehead atoms. The number of urea groups is 1. The third-order valence-corrected chi connectivity index (χ3v) is 3.05. The van der Waals surface area contributed by atoms with Crippen LogP contribution in [-0.2, 0) is 4.79 Å². The topological polar surface area (TPSA) is 87.5 Å². The lowest BCUT2D eigenvalue weighted by molar-refractivity contribution is -0.121. The Hall–Kier alpha value is -1.14. The van der Waals surface area contributed by atoms with E-state index in [2.05, 4.69) is 29.4 Å². The summed E-state index contributed by atoms with van der Waals surface area (Å²) >= 11 is 0. The summed E-state index contributed by atoms with van der Waals surface area (Å²) < 4.78 is 0. The third kappa shape index (κ3) is 5.97. The van der Waals surface area contributed by atoms with Crippen molar-refractivity contribution in [2.24, 2.45) is 11.7 Å². The number of nitrogens with one attached hydrogen (secondary N) is 2. The monoisotopic (exact) mass is 256 g/mol. The van der Waals surface area contributed by atoms with E-state index in [-0.39, 0.29) is 12.5 Å². The molecule has 0 aromatic rings. The van der Waals surface area contributed by atoms with Gasteiger partial charge in [0.15, 0.2) is 0 Å². The fraction of sp³-hybridized carbons (Fsp3) is 0.833. The van der Waals surface area contributed by atoms with Crippen LogP contribution in [-0.4, -0.2) is 49.1 Å². The van der Waals surface area contributed by atoms with E-state index in [0.717, 1.165) is 26.1 Å². The second kappa shape index (κ2) is 7.33. The quantitative estimate of drug-likeness (QED) is 0.640. The Labute approximate surface area is 108 Å². The second-order valence-electron chi connectivity index (χ2n) is 5.22. The third-order valence-electron chi connectivity index (χ3n) is 3.05. The largest absolute Gasteiger partial charge is 0.351 e. The van der Waals surface area contributed by atoms with Crippen molar-refractivity contribution in [3.05, 3.63) is 0 Å². The molecule has 3 amide bonds. The molecule has 6 nitrogen and oxygen atoms in total. The van der Waals surface area contributed by atoms with Gasteiger partial charge >= 0.3 is 6.03 Å². The minimum absolute atomic E-state index is 0.251. The summed E-state index contributed by atoms with van der Waals surface area (Å²) in [6.07, 6.45) is 2.28. The lowest BCUT2D eigenvalue weighted by Crippen LogP contribution is -2.47. The molecule has 1 aliphatic rings. The average Bonchev–Trinajstić information content (AvgIpc) is 2.25. The Morgan fingerprint density at radius 2 is 2.17 bits per heavy atom. The molecule has 1 rings (SSSR count). The Bertz CT molecular complexity index is 294. The number of nitrogens with two attached hydrogens (primary N) is 1. The molecule has 1 saturated heterocycles. The first-order chi connectivity index (χ1) is 8.47. The summed E-state index contributed by atoms with van der Waals surface area (Å²) in [6, 6.07) is -0.298. The SMILES string of the molecule is CC(C)NCC1CCCN(CC(=O)NC(N)=O)C1. The van der Waals surface area contributed by atoms with Gasteiger partial charge in [-0.25, -0.2) is 4.79 Å². The van der Waals surface area contributed by atoms with E-state index in [1.165, 1.54) is 6.42 Å². The summed E-state index contributed by atoms with van der Waals surface area (Å²) in [5.74, 6) is 0.252. The number of carbonyl (C=O) groups excluding carboxylic acids is 2. The zero-order chi connectivity index (χ0) is 13.5. The van der Waals surface area contributed by atoms with E-state index in [0.29, 0.717) is 12.0 Å². The van der Waals surface area contributed by atoms with E-state index in [1.54, 1.807) is 0 Å². The predicted octanol–water partition coefficient (Wildman–Crippen LogP) is -0.109. The van der Waals surface area contributed by atoms with Crippen molar-refractivity contribution < 1.29 is 9.59 Å². The molecule has 1 unspecified atom stereocenters. The lowest BCUT2D eigenvalue weighted by atomic mass is 9.98. The molecular formula is C12H24N4O2. The Morgan fingerprint density at radius 1 is 1.44 bits per heavy atom. The second-order valence-corrected chi connectivity index (χ2v) is 5.22. The van der Waals surface area contributed by atoms with Crippen molar-refractivity contribution in [1.29, 1.82) is 0 Å². The van der Waals surface area contributed by atoms with Crippen molar-refractivity contribution in [3.8, 4) is 0 Å². The van der Waals surface area contributed by atoms with Crippen LogP contribution in [0.1, 0.15) is 26.7 Å². The van der Waals surface area contributed by atoms with E-state index in [9.17, 15) is 9.59 Å². The minimum atomic E-state index is -0.782. The van der Waals surface area contributed by atoms with Gasteiger partial charge in [-0.3, -0.25) is 15.0 Å². The molecule has 1 fully saturated rings. The number of amides is 3. The van der Waals surface area contributed by atoms with Gasteiger partial charge in [0.2, 0.25) is 5.91 Å². The van der Waals surface area contributed by atoms with E-state index in [4.69, 9.17) is 5.73 Å². The van der Waals surface area contributed by atoms with Gasteiger partial charge in [-0.05, 0) is 31.8 Å². The smallest absolute Gasteiger partial charge is 0.318 e. The molecule has 0 aliphatic carbocycles. The zero-order valence-corrected chi connectivity index (χ0v) is 11.2. The minimum Gasteiger partial charge on any atom is -0.351 e. The Kier molecular flexibility index (Phi) is 6.07.